The Morgan fingerprint density at radius 2 is 1.72 bits per heavy atom. The molecule has 1 saturated heterocycles. The summed E-state index contributed by atoms with van der Waals surface area (Å²) in [5, 5.41) is 5.08. The standard InChI is InChI=1S/C17H17F3N2O3/c18-17(19,20)9-5-7-10(8-6-9)21-15(24)13-14(23)11-3-1-2-4-12(11)22-16(13)25/h5-8,11-13H,1-4H2,(H,21,24)(H,22,25). The highest BCUT2D eigenvalue weighted by molar-refractivity contribution is 6.23. The molecule has 0 spiro atoms. The van der Waals surface area contributed by atoms with Crippen LogP contribution in [0, 0.1) is 11.8 Å². The molecule has 3 rings (SSSR count). The van der Waals surface area contributed by atoms with Gasteiger partial charge in [0.25, 0.3) is 0 Å². The average molecular weight is 354 g/mol. The van der Waals surface area contributed by atoms with Crippen LogP contribution < -0.4 is 10.6 Å². The molecule has 0 radical (unpaired) electrons. The number of carbonyl (C=O) groups excluding carboxylic acids is 3. The van der Waals surface area contributed by atoms with Gasteiger partial charge in [0, 0.05) is 17.6 Å². The molecule has 3 atom stereocenters. The highest BCUT2D eigenvalue weighted by atomic mass is 19.4. The first-order valence-corrected chi connectivity index (χ1v) is 8.09. The topological polar surface area (TPSA) is 75.3 Å². The second-order valence-electron chi connectivity index (χ2n) is 6.41. The van der Waals surface area contributed by atoms with Crippen LogP contribution in [0.25, 0.3) is 0 Å². The normalized spacial score (nSPS) is 26.6. The molecule has 1 aromatic rings. The maximum atomic E-state index is 12.5. The number of amides is 2. The Morgan fingerprint density at radius 3 is 2.36 bits per heavy atom. The molecular formula is C17H17F3N2O3. The number of rotatable bonds is 2. The van der Waals surface area contributed by atoms with Gasteiger partial charge in [0.1, 0.15) is 0 Å². The Labute approximate surface area is 142 Å². The molecule has 0 aromatic heterocycles. The van der Waals surface area contributed by atoms with E-state index in [9.17, 15) is 27.6 Å². The number of piperidine rings is 1. The van der Waals surface area contributed by atoms with Crippen LogP contribution >= 0.6 is 0 Å². The SMILES string of the molecule is O=C(Nc1ccc(C(F)(F)F)cc1)C1C(=O)NC2CCCCC2C1=O. The highest BCUT2D eigenvalue weighted by Gasteiger charge is 2.47. The van der Waals surface area contributed by atoms with Gasteiger partial charge >= 0.3 is 6.18 Å². The molecule has 2 N–H and O–H groups in total. The number of hydrogen-bond acceptors (Lipinski definition) is 3. The molecule has 1 aromatic carbocycles. The first-order chi connectivity index (χ1) is 11.8. The molecule has 3 unspecified atom stereocenters. The number of ketones is 1. The van der Waals surface area contributed by atoms with Crippen molar-refractivity contribution in [2.45, 2.75) is 37.9 Å². The van der Waals surface area contributed by atoms with E-state index in [1.165, 1.54) is 0 Å². The average Bonchev–Trinajstić information content (AvgIpc) is 2.54. The lowest BCUT2D eigenvalue weighted by atomic mass is 9.74. The Balaban J connectivity index is 1.72. The summed E-state index contributed by atoms with van der Waals surface area (Å²) in [5.74, 6) is -3.68. The van der Waals surface area contributed by atoms with Gasteiger partial charge in [-0.2, -0.15) is 13.2 Å². The number of halogens is 3. The van der Waals surface area contributed by atoms with Crippen LogP contribution in [0.4, 0.5) is 18.9 Å². The third kappa shape index (κ3) is 3.52. The Bertz CT molecular complexity index is 700. The fourth-order valence-corrected chi connectivity index (χ4v) is 3.46. The zero-order valence-corrected chi connectivity index (χ0v) is 13.2. The first kappa shape index (κ1) is 17.4. The lowest BCUT2D eigenvalue weighted by molar-refractivity contribution is -0.147. The molecule has 2 amide bonds. The van der Waals surface area contributed by atoms with E-state index >= 15 is 0 Å². The first-order valence-electron chi connectivity index (χ1n) is 8.09. The summed E-state index contributed by atoms with van der Waals surface area (Å²) in [4.78, 5) is 37.0. The minimum absolute atomic E-state index is 0.101. The predicted molar refractivity (Wildman–Crippen MR) is 82.5 cm³/mol. The monoisotopic (exact) mass is 354 g/mol. The van der Waals surface area contributed by atoms with Gasteiger partial charge in [0.15, 0.2) is 11.7 Å². The van der Waals surface area contributed by atoms with E-state index in [-0.39, 0.29) is 17.6 Å². The Morgan fingerprint density at radius 1 is 1.08 bits per heavy atom. The molecule has 25 heavy (non-hydrogen) atoms. The molecule has 0 bridgehead atoms. The smallest absolute Gasteiger partial charge is 0.352 e. The lowest BCUT2D eigenvalue weighted by Gasteiger charge is -2.37. The van der Waals surface area contributed by atoms with Gasteiger partial charge in [-0.25, -0.2) is 0 Å². The van der Waals surface area contributed by atoms with Gasteiger partial charge < -0.3 is 10.6 Å². The van der Waals surface area contributed by atoms with E-state index in [1.54, 1.807) is 0 Å². The largest absolute Gasteiger partial charge is 0.416 e. The number of nitrogens with one attached hydrogen (secondary N) is 2. The van der Waals surface area contributed by atoms with Crippen molar-refractivity contribution in [1.29, 1.82) is 0 Å². The van der Waals surface area contributed by atoms with Gasteiger partial charge in [-0.05, 0) is 37.1 Å². The Hall–Kier alpha value is -2.38. The van der Waals surface area contributed by atoms with Crippen molar-refractivity contribution >= 4 is 23.3 Å². The second kappa shape index (κ2) is 6.50. The quantitative estimate of drug-likeness (QED) is 0.802. The predicted octanol–water partition coefficient (Wildman–Crippen LogP) is 2.52. The van der Waals surface area contributed by atoms with E-state index < -0.39 is 35.3 Å². The zero-order chi connectivity index (χ0) is 18.2. The number of carbonyl (C=O) groups is 3. The van der Waals surface area contributed by atoms with Crippen molar-refractivity contribution in [3.05, 3.63) is 29.8 Å². The molecule has 5 nitrogen and oxygen atoms in total. The third-order valence-corrected chi connectivity index (χ3v) is 4.75. The number of benzene rings is 1. The fourth-order valence-electron chi connectivity index (χ4n) is 3.46. The minimum atomic E-state index is -4.47. The second-order valence-corrected chi connectivity index (χ2v) is 6.41. The molecule has 2 aliphatic rings. The van der Waals surface area contributed by atoms with Crippen molar-refractivity contribution in [2.75, 3.05) is 5.32 Å². The summed E-state index contributed by atoms with van der Waals surface area (Å²) < 4.78 is 37.6. The molecule has 134 valence electrons. The molecule has 1 aliphatic carbocycles. The summed E-state index contributed by atoms with van der Waals surface area (Å²) in [7, 11) is 0. The van der Waals surface area contributed by atoms with Crippen molar-refractivity contribution in [3.63, 3.8) is 0 Å². The summed E-state index contributed by atoms with van der Waals surface area (Å²) in [6.07, 6.45) is -1.33. The molecule has 2 fully saturated rings. The lowest BCUT2D eigenvalue weighted by Crippen LogP contribution is -2.58. The van der Waals surface area contributed by atoms with E-state index in [2.05, 4.69) is 10.6 Å². The number of Topliss-reactive ketones (excluding diaryl/α,β-unsaturated/α-hetero) is 1. The van der Waals surface area contributed by atoms with Gasteiger partial charge in [0.2, 0.25) is 11.8 Å². The van der Waals surface area contributed by atoms with Crippen molar-refractivity contribution < 1.29 is 27.6 Å². The van der Waals surface area contributed by atoms with Gasteiger partial charge in [-0.3, -0.25) is 14.4 Å². The minimum Gasteiger partial charge on any atom is -0.352 e. The van der Waals surface area contributed by atoms with E-state index in [1.807, 2.05) is 0 Å². The van der Waals surface area contributed by atoms with Gasteiger partial charge in [0.05, 0.1) is 5.56 Å². The Kier molecular flexibility index (Phi) is 4.53. The van der Waals surface area contributed by atoms with Gasteiger partial charge in [-0.15, -0.1) is 0 Å². The molecule has 1 heterocycles. The molecule has 1 aliphatic heterocycles. The number of anilines is 1. The van der Waals surface area contributed by atoms with Crippen molar-refractivity contribution in [3.8, 4) is 0 Å². The molecule has 8 heteroatoms. The van der Waals surface area contributed by atoms with E-state index in [0.29, 0.717) is 6.42 Å². The van der Waals surface area contributed by atoms with Crippen LogP contribution in [0.5, 0.6) is 0 Å². The van der Waals surface area contributed by atoms with Crippen LogP contribution in [0.2, 0.25) is 0 Å². The van der Waals surface area contributed by atoms with Crippen LogP contribution in [0.3, 0.4) is 0 Å². The van der Waals surface area contributed by atoms with Crippen LogP contribution in [-0.2, 0) is 20.6 Å². The highest BCUT2D eigenvalue weighted by Crippen LogP contribution is 2.32. The van der Waals surface area contributed by atoms with Crippen molar-refractivity contribution in [2.24, 2.45) is 11.8 Å². The van der Waals surface area contributed by atoms with Crippen LogP contribution in [-0.4, -0.2) is 23.6 Å². The van der Waals surface area contributed by atoms with Gasteiger partial charge in [-0.1, -0.05) is 12.8 Å². The third-order valence-electron chi connectivity index (χ3n) is 4.75. The van der Waals surface area contributed by atoms with Crippen molar-refractivity contribution in [1.82, 2.24) is 5.32 Å². The van der Waals surface area contributed by atoms with E-state index in [0.717, 1.165) is 43.5 Å². The summed E-state index contributed by atoms with van der Waals surface area (Å²) in [5.41, 5.74) is -0.744. The molecule has 1 saturated carbocycles. The maximum Gasteiger partial charge on any atom is 0.416 e. The number of fused-ring (bicyclic) bond motifs is 1. The summed E-state index contributed by atoms with van der Waals surface area (Å²) in [6, 6.07) is 3.62. The van der Waals surface area contributed by atoms with Crippen LogP contribution in [0.15, 0.2) is 24.3 Å². The summed E-state index contributed by atoms with van der Waals surface area (Å²) in [6.45, 7) is 0. The number of alkyl halides is 3. The number of hydrogen-bond donors (Lipinski definition) is 2. The summed E-state index contributed by atoms with van der Waals surface area (Å²) >= 11 is 0. The van der Waals surface area contributed by atoms with E-state index in [4.69, 9.17) is 0 Å². The zero-order valence-electron chi connectivity index (χ0n) is 13.2. The fraction of sp³-hybridized carbons (Fsp3) is 0.471. The molecular weight excluding hydrogens is 337 g/mol. The maximum absolute atomic E-state index is 12.5. The van der Waals surface area contributed by atoms with Crippen LogP contribution in [0.1, 0.15) is 31.2 Å².